The van der Waals surface area contributed by atoms with Gasteiger partial charge in [0.2, 0.25) is 5.16 Å². The SMILES string of the molecule is COC(=O)C1=NC(=O)c2cnccc2-c2nc(n[nH]2)S[C@H]1C(=O)OC. The van der Waals surface area contributed by atoms with Crippen LogP contribution in [-0.4, -0.2) is 63.2 Å². The van der Waals surface area contributed by atoms with Gasteiger partial charge >= 0.3 is 11.9 Å². The Hall–Kier alpha value is -3.08. The number of amides is 1. The van der Waals surface area contributed by atoms with Crippen molar-refractivity contribution in [2.24, 2.45) is 4.99 Å². The number of hydrogen-bond donors (Lipinski definition) is 1. The van der Waals surface area contributed by atoms with Crippen LogP contribution in [0.4, 0.5) is 0 Å². The molecule has 2 bridgehead atoms. The molecule has 0 unspecified atom stereocenters. The Kier molecular flexibility index (Phi) is 4.57. The molecule has 3 heterocycles. The molecule has 0 aliphatic carbocycles. The van der Waals surface area contributed by atoms with Crippen molar-refractivity contribution in [1.29, 1.82) is 0 Å². The highest BCUT2D eigenvalue weighted by Gasteiger charge is 2.35. The number of aromatic nitrogens is 4. The highest BCUT2D eigenvalue weighted by atomic mass is 32.2. The van der Waals surface area contributed by atoms with E-state index in [1.54, 1.807) is 6.07 Å². The summed E-state index contributed by atoms with van der Waals surface area (Å²) in [5.74, 6) is -2.18. The second-order valence-electron chi connectivity index (χ2n) is 4.70. The van der Waals surface area contributed by atoms with Gasteiger partial charge in [0.1, 0.15) is 0 Å². The number of H-pyrrole nitrogens is 1. The first kappa shape index (κ1) is 16.8. The lowest BCUT2D eigenvalue weighted by Crippen LogP contribution is -2.35. The summed E-state index contributed by atoms with van der Waals surface area (Å²) in [6.07, 6.45) is 2.77. The molecule has 0 spiro atoms. The number of esters is 2. The second kappa shape index (κ2) is 6.81. The van der Waals surface area contributed by atoms with Crippen LogP contribution in [0, 0.1) is 0 Å². The molecule has 10 nitrogen and oxygen atoms in total. The predicted octanol–water partition coefficient (Wildman–Crippen LogP) is 0.268. The number of nitrogens with zero attached hydrogens (tertiary/aromatic N) is 4. The van der Waals surface area contributed by atoms with E-state index in [2.05, 4.69) is 29.9 Å². The maximum Gasteiger partial charge on any atom is 0.354 e. The highest BCUT2D eigenvalue weighted by Crippen LogP contribution is 2.28. The first-order valence-corrected chi connectivity index (χ1v) is 7.75. The molecule has 3 rings (SSSR count). The van der Waals surface area contributed by atoms with E-state index in [-0.39, 0.29) is 10.7 Å². The standard InChI is InChI=1S/C14H11N5O5S/c1-23-12(21)8-9(13(22)24-2)25-14-17-10(18-19-14)6-3-4-15-5-7(6)11(20)16-8/h3-5,9H,1-2H3,(H,17,18,19)/t9-/m1/s1. The second-order valence-corrected chi connectivity index (χ2v) is 5.77. The molecule has 1 atom stereocenters. The topological polar surface area (TPSA) is 136 Å². The molecule has 2 aromatic heterocycles. The van der Waals surface area contributed by atoms with Crippen molar-refractivity contribution in [2.75, 3.05) is 14.2 Å². The number of methoxy groups -OCH3 is 2. The van der Waals surface area contributed by atoms with Crippen molar-refractivity contribution in [2.45, 2.75) is 10.4 Å². The van der Waals surface area contributed by atoms with E-state index in [0.29, 0.717) is 11.4 Å². The van der Waals surface area contributed by atoms with Crippen molar-refractivity contribution in [3.05, 3.63) is 24.0 Å². The fourth-order valence-electron chi connectivity index (χ4n) is 2.10. The van der Waals surface area contributed by atoms with E-state index in [4.69, 9.17) is 4.74 Å². The van der Waals surface area contributed by atoms with Crippen LogP contribution in [0.2, 0.25) is 0 Å². The Morgan fingerprint density at radius 2 is 2.04 bits per heavy atom. The van der Waals surface area contributed by atoms with Crippen LogP contribution in [-0.2, 0) is 19.1 Å². The van der Waals surface area contributed by atoms with Crippen molar-refractivity contribution >= 4 is 35.3 Å². The van der Waals surface area contributed by atoms with E-state index in [0.717, 1.165) is 26.0 Å². The number of hydrogen-bond acceptors (Lipinski definition) is 9. The van der Waals surface area contributed by atoms with Crippen LogP contribution >= 0.6 is 11.8 Å². The van der Waals surface area contributed by atoms with Gasteiger partial charge in [-0.25, -0.2) is 14.8 Å². The summed E-state index contributed by atoms with van der Waals surface area (Å²) in [5.41, 5.74) is 0.110. The molecule has 1 amide bonds. The van der Waals surface area contributed by atoms with Gasteiger partial charge in [0.15, 0.2) is 16.8 Å². The van der Waals surface area contributed by atoms with Crippen molar-refractivity contribution < 1.29 is 23.9 Å². The summed E-state index contributed by atoms with van der Waals surface area (Å²) in [5, 5.41) is 5.59. The maximum atomic E-state index is 12.6. The van der Waals surface area contributed by atoms with Gasteiger partial charge in [-0.15, -0.1) is 5.10 Å². The van der Waals surface area contributed by atoms with Crippen LogP contribution < -0.4 is 0 Å². The molecule has 25 heavy (non-hydrogen) atoms. The molecule has 0 aromatic carbocycles. The number of ether oxygens (including phenoxy) is 2. The Bertz CT molecular complexity index is 893. The Morgan fingerprint density at radius 1 is 1.24 bits per heavy atom. The van der Waals surface area contributed by atoms with Crippen molar-refractivity contribution in [1.82, 2.24) is 20.2 Å². The minimum atomic E-state index is -1.26. The average molecular weight is 361 g/mol. The zero-order valence-corrected chi connectivity index (χ0v) is 13.9. The molecular weight excluding hydrogens is 350 g/mol. The number of carbonyl (C=O) groups is 3. The highest BCUT2D eigenvalue weighted by molar-refractivity contribution is 8.01. The van der Waals surface area contributed by atoms with E-state index in [9.17, 15) is 14.4 Å². The molecule has 1 N–H and O–H groups in total. The lowest BCUT2D eigenvalue weighted by atomic mass is 10.1. The number of carbonyl (C=O) groups excluding carboxylic acids is 3. The predicted molar refractivity (Wildman–Crippen MR) is 85.1 cm³/mol. The van der Waals surface area contributed by atoms with Crippen LogP contribution in [0.25, 0.3) is 11.4 Å². The summed E-state index contributed by atoms with van der Waals surface area (Å²) in [7, 11) is 2.27. The number of nitrogens with one attached hydrogen (secondary N) is 1. The first-order valence-electron chi connectivity index (χ1n) is 6.87. The summed E-state index contributed by atoms with van der Waals surface area (Å²) in [4.78, 5) is 48.7. The number of thioether (sulfide) groups is 1. The number of aliphatic imine (C=N–C) groups is 1. The smallest absolute Gasteiger partial charge is 0.354 e. The van der Waals surface area contributed by atoms with Gasteiger partial charge in [-0.05, 0) is 6.07 Å². The van der Waals surface area contributed by atoms with Gasteiger partial charge in [-0.2, -0.15) is 0 Å². The summed E-state index contributed by atoms with van der Waals surface area (Å²) in [6, 6.07) is 1.56. The quantitative estimate of drug-likeness (QED) is 0.747. The van der Waals surface area contributed by atoms with Gasteiger partial charge in [0, 0.05) is 18.0 Å². The monoisotopic (exact) mass is 361 g/mol. The third kappa shape index (κ3) is 3.13. The van der Waals surface area contributed by atoms with Gasteiger partial charge < -0.3 is 9.47 Å². The van der Waals surface area contributed by atoms with Gasteiger partial charge in [-0.3, -0.25) is 19.7 Å². The third-order valence-corrected chi connectivity index (χ3v) is 4.32. The van der Waals surface area contributed by atoms with Crippen LogP contribution in [0.15, 0.2) is 28.6 Å². The number of rotatable bonds is 2. The van der Waals surface area contributed by atoms with E-state index < -0.39 is 28.8 Å². The molecule has 1 aliphatic heterocycles. The molecule has 128 valence electrons. The van der Waals surface area contributed by atoms with E-state index in [1.165, 1.54) is 12.4 Å². The first-order chi connectivity index (χ1) is 12.0. The molecule has 2 aromatic rings. The van der Waals surface area contributed by atoms with Crippen LogP contribution in [0.1, 0.15) is 10.4 Å². The third-order valence-electron chi connectivity index (χ3n) is 3.27. The van der Waals surface area contributed by atoms with Gasteiger partial charge in [-0.1, -0.05) is 11.8 Å². The van der Waals surface area contributed by atoms with Crippen molar-refractivity contribution in [3.63, 3.8) is 0 Å². The zero-order chi connectivity index (χ0) is 18.0. The van der Waals surface area contributed by atoms with Crippen LogP contribution in [0.5, 0.6) is 0 Å². The largest absolute Gasteiger partial charge is 0.468 e. The minimum absolute atomic E-state index is 0.0992. The number of fused-ring (bicyclic) bond motifs is 4. The van der Waals surface area contributed by atoms with Gasteiger partial charge in [0.05, 0.1) is 19.8 Å². The van der Waals surface area contributed by atoms with E-state index in [1.807, 2.05) is 0 Å². The maximum absolute atomic E-state index is 12.6. The Labute approximate surface area is 145 Å². The molecular formula is C14H11N5O5S. The summed E-state index contributed by atoms with van der Waals surface area (Å²) >= 11 is 0.817. The normalized spacial score (nSPS) is 16.5. The molecule has 11 heteroatoms. The summed E-state index contributed by atoms with van der Waals surface area (Å²) in [6.45, 7) is 0. The summed E-state index contributed by atoms with van der Waals surface area (Å²) < 4.78 is 9.35. The lowest BCUT2D eigenvalue weighted by Gasteiger charge is -2.14. The molecule has 0 saturated carbocycles. The molecule has 0 radical (unpaired) electrons. The number of aromatic amines is 1. The van der Waals surface area contributed by atoms with Crippen molar-refractivity contribution in [3.8, 4) is 11.4 Å². The fourth-order valence-corrected chi connectivity index (χ4v) is 3.01. The number of pyridine rings is 1. The minimum Gasteiger partial charge on any atom is -0.468 e. The van der Waals surface area contributed by atoms with E-state index >= 15 is 0 Å². The Balaban J connectivity index is 2.23. The van der Waals surface area contributed by atoms with Gasteiger partial charge in [0.25, 0.3) is 5.91 Å². The van der Waals surface area contributed by atoms with Crippen LogP contribution in [0.3, 0.4) is 0 Å². The Morgan fingerprint density at radius 3 is 2.76 bits per heavy atom. The molecule has 0 fully saturated rings. The lowest BCUT2D eigenvalue weighted by molar-refractivity contribution is -0.140. The fraction of sp³-hybridized carbons (Fsp3) is 0.214. The molecule has 0 saturated heterocycles. The zero-order valence-electron chi connectivity index (χ0n) is 13.0. The average Bonchev–Trinajstić information content (AvgIpc) is 3.10. The molecule has 1 aliphatic rings.